The zero-order valence-corrected chi connectivity index (χ0v) is 20.6. The Morgan fingerprint density at radius 1 is 1.06 bits per heavy atom. The first-order valence-electron chi connectivity index (χ1n) is 12.5. The fourth-order valence-corrected chi connectivity index (χ4v) is 4.98. The highest BCUT2D eigenvalue weighted by Crippen LogP contribution is 2.30. The average Bonchev–Trinajstić information content (AvgIpc) is 3.56. The Labute approximate surface area is 211 Å². The van der Waals surface area contributed by atoms with E-state index in [1.54, 1.807) is 7.11 Å². The van der Waals surface area contributed by atoms with Gasteiger partial charge in [-0.15, -0.1) is 0 Å². The van der Waals surface area contributed by atoms with Gasteiger partial charge >= 0.3 is 0 Å². The van der Waals surface area contributed by atoms with Crippen LogP contribution in [-0.2, 0) is 13.0 Å². The molecule has 2 aliphatic heterocycles. The van der Waals surface area contributed by atoms with Gasteiger partial charge in [0.05, 0.1) is 18.4 Å². The molecule has 1 fully saturated rings. The molecular weight excluding hydrogens is 452 g/mol. The number of amides is 2. The summed E-state index contributed by atoms with van der Waals surface area (Å²) in [6, 6.07) is 19.2. The molecule has 1 saturated heterocycles. The molecule has 7 nitrogen and oxygen atoms in total. The number of nitrogens with zero attached hydrogens (tertiary/aromatic N) is 1. The van der Waals surface area contributed by atoms with E-state index in [2.05, 4.69) is 20.9 Å². The summed E-state index contributed by atoms with van der Waals surface area (Å²) in [5, 5.41) is 9.29. The lowest BCUT2D eigenvalue weighted by atomic mass is 9.95. The van der Waals surface area contributed by atoms with Crippen molar-refractivity contribution >= 4 is 23.2 Å². The van der Waals surface area contributed by atoms with Crippen LogP contribution in [0.3, 0.4) is 0 Å². The molecule has 0 aliphatic carbocycles. The number of ether oxygens (including phenoxy) is 1. The second kappa shape index (κ2) is 10.8. The van der Waals surface area contributed by atoms with E-state index in [1.165, 1.54) is 25.9 Å². The second-order valence-electron chi connectivity index (χ2n) is 9.34. The molecule has 0 atom stereocenters. The highest BCUT2D eigenvalue weighted by Gasteiger charge is 2.26. The molecule has 0 spiro atoms. The molecule has 3 N–H and O–H groups in total. The van der Waals surface area contributed by atoms with Crippen molar-refractivity contribution in [3.63, 3.8) is 0 Å². The van der Waals surface area contributed by atoms with E-state index in [0.29, 0.717) is 29.8 Å². The summed E-state index contributed by atoms with van der Waals surface area (Å²) in [4.78, 5) is 28.1. The minimum absolute atomic E-state index is 0.162. The van der Waals surface area contributed by atoms with E-state index in [9.17, 15) is 9.59 Å². The van der Waals surface area contributed by atoms with Gasteiger partial charge in [0.2, 0.25) is 0 Å². The molecule has 0 saturated carbocycles. The first-order chi connectivity index (χ1) is 17.6. The van der Waals surface area contributed by atoms with Crippen molar-refractivity contribution in [1.82, 2.24) is 10.2 Å². The Bertz CT molecular complexity index is 1250. The third-order valence-corrected chi connectivity index (χ3v) is 6.94. The molecule has 3 aromatic rings. The van der Waals surface area contributed by atoms with Gasteiger partial charge < -0.3 is 25.6 Å². The van der Waals surface area contributed by atoms with E-state index in [1.807, 2.05) is 60.7 Å². The molecule has 0 aromatic heterocycles. The molecule has 0 unspecified atom stereocenters. The highest BCUT2D eigenvalue weighted by atomic mass is 16.5. The van der Waals surface area contributed by atoms with Crippen LogP contribution in [0.15, 0.2) is 60.7 Å². The van der Waals surface area contributed by atoms with Crippen LogP contribution < -0.4 is 20.7 Å². The van der Waals surface area contributed by atoms with Gasteiger partial charge in [-0.3, -0.25) is 9.59 Å². The average molecular weight is 485 g/mol. The summed E-state index contributed by atoms with van der Waals surface area (Å²) >= 11 is 0. The highest BCUT2D eigenvalue weighted by molar-refractivity contribution is 6.10. The van der Waals surface area contributed by atoms with E-state index < -0.39 is 0 Å². The Morgan fingerprint density at radius 2 is 1.86 bits per heavy atom. The van der Waals surface area contributed by atoms with Crippen LogP contribution in [0, 0.1) is 0 Å². The first-order valence-corrected chi connectivity index (χ1v) is 12.5. The lowest BCUT2D eigenvalue weighted by Gasteiger charge is -2.15. The van der Waals surface area contributed by atoms with Crippen LogP contribution >= 0.6 is 0 Å². The number of hydrogen-bond donors (Lipinski definition) is 3. The minimum atomic E-state index is -0.235. The molecule has 5 rings (SSSR count). The van der Waals surface area contributed by atoms with Crippen molar-refractivity contribution in [2.45, 2.75) is 25.8 Å². The lowest BCUT2D eigenvalue weighted by Crippen LogP contribution is -2.25. The monoisotopic (exact) mass is 484 g/mol. The topological polar surface area (TPSA) is 82.7 Å². The number of carbonyl (C=O) groups excluding carboxylic acids is 2. The van der Waals surface area contributed by atoms with E-state index in [0.717, 1.165) is 41.2 Å². The quantitative estimate of drug-likeness (QED) is 0.422. The summed E-state index contributed by atoms with van der Waals surface area (Å²) in [6.45, 7) is 4.74. The smallest absolute Gasteiger partial charge is 0.255 e. The predicted molar refractivity (Wildman–Crippen MR) is 142 cm³/mol. The summed E-state index contributed by atoms with van der Waals surface area (Å²) in [5.41, 5.74) is 5.70. The Balaban J connectivity index is 1.26. The van der Waals surface area contributed by atoms with Crippen molar-refractivity contribution in [1.29, 1.82) is 0 Å². The molecule has 7 heteroatoms. The third-order valence-electron chi connectivity index (χ3n) is 6.94. The number of likely N-dealkylation sites (tertiary alicyclic amines) is 1. The summed E-state index contributed by atoms with van der Waals surface area (Å²) in [7, 11) is 1.65. The Kier molecular flexibility index (Phi) is 7.18. The van der Waals surface area contributed by atoms with Crippen molar-refractivity contribution in [3.8, 4) is 5.75 Å². The number of rotatable bonds is 9. The SMILES string of the molecule is COc1cccc(Cc2ccc(NC(=O)c3ccc(NCCN4CCCC4)cc3)c3c2CNC3=O)c1. The standard InChI is InChI=1S/C29H32N4O3/c1-36-24-6-4-5-20(18-24)17-22-9-12-26(27-25(22)19-31-29(27)35)32-28(34)21-7-10-23(11-8-21)30-13-16-33-14-2-3-15-33/h4-12,18,30H,2-3,13-17,19H2,1H3,(H,31,35)(H,32,34). The molecule has 0 bridgehead atoms. The largest absolute Gasteiger partial charge is 0.497 e. The molecule has 2 aliphatic rings. The van der Waals surface area contributed by atoms with Crippen molar-refractivity contribution in [3.05, 3.63) is 88.5 Å². The van der Waals surface area contributed by atoms with Gasteiger partial charge in [0, 0.05) is 30.9 Å². The van der Waals surface area contributed by atoms with Crippen LogP contribution in [0.25, 0.3) is 0 Å². The fourth-order valence-electron chi connectivity index (χ4n) is 4.98. The maximum Gasteiger partial charge on any atom is 0.255 e. The number of methoxy groups -OCH3 is 1. The molecule has 0 radical (unpaired) electrons. The maximum atomic E-state index is 13.0. The van der Waals surface area contributed by atoms with Crippen LogP contribution in [0.2, 0.25) is 0 Å². The predicted octanol–water partition coefficient (Wildman–Crippen LogP) is 4.29. The minimum Gasteiger partial charge on any atom is -0.497 e. The van der Waals surface area contributed by atoms with Gasteiger partial charge in [-0.1, -0.05) is 18.2 Å². The molecule has 36 heavy (non-hydrogen) atoms. The van der Waals surface area contributed by atoms with Crippen LogP contribution in [0.1, 0.15) is 50.2 Å². The number of carbonyl (C=O) groups is 2. The lowest BCUT2D eigenvalue weighted by molar-refractivity contribution is 0.0966. The number of nitrogens with one attached hydrogen (secondary N) is 3. The molecular formula is C29H32N4O3. The van der Waals surface area contributed by atoms with Gasteiger partial charge in [-0.2, -0.15) is 0 Å². The number of benzene rings is 3. The van der Waals surface area contributed by atoms with E-state index in [4.69, 9.17) is 4.74 Å². The zero-order valence-electron chi connectivity index (χ0n) is 20.6. The first kappa shape index (κ1) is 23.9. The maximum absolute atomic E-state index is 13.0. The molecule has 2 heterocycles. The van der Waals surface area contributed by atoms with Gasteiger partial charge in [0.1, 0.15) is 5.75 Å². The Hall–Kier alpha value is -3.84. The number of fused-ring (bicyclic) bond motifs is 1. The molecule has 186 valence electrons. The van der Waals surface area contributed by atoms with Crippen LogP contribution in [-0.4, -0.2) is 50.0 Å². The molecule has 3 aromatic carbocycles. The van der Waals surface area contributed by atoms with Crippen LogP contribution in [0.5, 0.6) is 5.75 Å². The summed E-state index contributed by atoms with van der Waals surface area (Å²) in [5.74, 6) is 0.404. The van der Waals surface area contributed by atoms with Crippen molar-refractivity contribution in [2.75, 3.05) is 43.9 Å². The summed E-state index contributed by atoms with van der Waals surface area (Å²) < 4.78 is 5.33. The van der Waals surface area contributed by atoms with Gasteiger partial charge in [-0.25, -0.2) is 0 Å². The third kappa shape index (κ3) is 5.36. The Morgan fingerprint density at radius 3 is 2.64 bits per heavy atom. The van der Waals surface area contributed by atoms with Gasteiger partial charge in [0.25, 0.3) is 11.8 Å². The van der Waals surface area contributed by atoms with E-state index >= 15 is 0 Å². The van der Waals surface area contributed by atoms with Crippen LogP contribution in [0.4, 0.5) is 11.4 Å². The van der Waals surface area contributed by atoms with Gasteiger partial charge in [-0.05, 0) is 91.5 Å². The second-order valence-corrected chi connectivity index (χ2v) is 9.34. The van der Waals surface area contributed by atoms with Crippen molar-refractivity contribution < 1.29 is 14.3 Å². The number of hydrogen-bond acceptors (Lipinski definition) is 5. The van der Waals surface area contributed by atoms with Crippen molar-refractivity contribution in [2.24, 2.45) is 0 Å². The zero-order chi connectivity index (χ0) is 24.9. The normalized spacial score (nSPS) is 14.9. The summed E-state index contributed by atoms with van der Waals surface area (Å²) in [6.07, 6.45) is 3.26. The van der Waals surface area contributed by atoms with Gasteiger partial charge in [0.15, 0.2) is 0 Å². The van der Waals surface area contributed by atoms with E-state index in [-0.39, 0.29) is 11.8 Å². The molecule has 2 amide bonds. The fraction of sp³-hybridized carbons (Fsp3) is 0.310. The number of anilines is 2.